The zero-order chi connectivity index (χ0) is 19.3. The monoisotopic (exact) mass is 398 g/mol. The topological polar surface area (TPSA) is 34.0 Å². The van der Waals surface area contributed by atoms with Gasteiger partial charge in [0.15, 0.2) is 0 Å². The van der Waals surface area contributed by atoms with Crippen LogP contribution in [0.5, 0.6) is 0 Å². The number of alkyl halides is 2. The average Bonchev–Trinajstić information content (AvgIpc) is 3.42. The molecule has 1 aliphatic heterocycles. The van der Waals surface area contributed by atoms with Gasteiger partial charge in [-0.15, -0.1) is 11.3 Å². The normalized spacial score (nSPS) is 19.2. The third-order valence-electron chi connectivity index (χ3n) is 5.58. The maximum Gasteiger partial charge on any atom is 0.320 e. The summed E-state index contributed by atoms with van der Waals surface area (Å²) < 4.78 is 30.0. The minimum Gasteiger partial charge on any atom is -0.284 e. The molecule has 0 amide bonds. The molecule has 5 rings (SSSR count). The highest BCUT2D eigenvalue weighted by atomic mass is 32.1. The van der Waals surface area contributed by atoms with E-state index in [-0.39, 0.29) is 12.1 Å². The predicted molar refractivity (Wildman–Crippen MR) is 108 cm³/mol. The maximum atomic E-state index is 13.9. The Morgan fingerprint density at radius 3 is 2.57 bits per heavy atom. The van der Waals surface area contributed by atoms with E-state index in [1.54, 1.807) is 29.5 Å². The molecule has 1 fully saturated rings. The molecular formula is C21H20F2N4S. The molecule has 4 nitrogen and oxygen atoms in total. The molecule has 0 aliphatic carbocycles. The first-order valence-electron chi connectivity index (χ1n) is 9.49. The van der Waals surface area contributed by atoms with Crippen molar-refractivity contribution >= 4 is 32.6 Å². The molecule has 0 bridgehead atoms. The predicted octanol–water partition coefficient (Wildman–Crippen LogP) is 5.94. The number of para-hydroxylation sites is 3. The Bertz CT molecular complexity index is 1100. The first-order valence-corrected chi connectivity index (χ1v) is 10.3. The summed E-state index contributed by atoms with van der Waals surface area (Å²) in [7, 11) is 0. The summed E-state index contributed by atoms with van der Waals surface area (Å²) in [5.41, 5.74) is 2.09. The molecule has 7 heteroatoms. The largest absolute Gasteiger partial charge is 0.320 e. The summed E-state index contributed by atoms with van der Waals surface area (Å²) in [6.45, 7) is 0.216. The molecule has 1 saturated heterocycles. The molecule has 2 atom stereocenters. The summed E-state index contributed by atoms with van der Waals surface area (Å²) in [6, 6.07) is 15.1. The molecule has 1 aliphatic rings. The van der Waals surface area contributed by atoms with Crippen LogP contribution in [0.25, 0.3) is 21.3 Å². The highest BCUT2D eigenvalue weighted by molar-refractivity contribution is 7.18. The van der Waals surface area contributed by atoms with Gasteiger partial charge in [-0.25, -0.2) is 9.97 Å². The molecule has 2 unspecified atom stereocenters. The van der Waals surface area contributed by atoms with E-state index in [0.29, 0.717) is 16.9 Å². The standard InChI is InChI=1S/C21H20F2N4S/c1-13(19-24-14-7-2-4-9-16(14)27(19)21(22)23)26-12-6-10-17(26)20-25-15-8-3-5-11-18(15)28-20/h2-5,7-9,11,13,17,21H,6,10,12H2,1H3. The van der Waals surface area contributed by atoms with Crippen LogP contribution < -0.4 is 0 Å². The van der Waals surface area contributed by atoms with Crippen LogP contribution in [0, 0.1) is 0 Å². The van der Waals surface area contributed by atoms with Gasteiger partial charge in [0.05, 0.1) is 33.3 Å². The summed E-state index contributed by atoms with van der Waals surface area (Å²) in [5, 5.41) is 1.06. The van der Waals surface area contributed by atoms with Gasteiger partial charge in [-0.05, 0) is 50.6 Å². The molecule has 0 N–H and O–H groups in total. The fraction of sp³-hybridized carbons (Fsp3) is 0.333. The Morgan fingerprint density at radius 2 is 1.79 bits per heavy atom. The van der Waals surface area contributed by atoms with Crippen LogP contribution in [0.4, 0.5) is 8.78 Å². The summed E-state index contributed by atoms with van der Waals surface area (Å²) >= 11 is 1.70. The maximum absolute atomic E-state index is 13.9. The van der Waals surface area contributed by atoms with Gasteiger partial charge >= 0.3 is 6.55 Å². The van der Waals surface area contributed by atoms with Gasteiger partial charge in [0, 0.05) is 0 Å². The van der Waals surface area contributed by atoms with Crippen molar-refractivity contribution in [2.75, 3.05) is 6.54 Å². The molecule has 2 aromatic carbocycles. The number of aromatic nitrogens is 3. The molecule has 2 aromatic heterocycles. The van der Waals surface area contributed by atoms with Crippen LogP contribution >= 0.6 is 11.3 Å². The molecule has 4 aromatic rings. The van der Waals surface area contributed by atoms with Gasteiger partial charge in [-0.1, -0.05) is 24.3 Å². The van der Waals surface area contributed by atoms with Crippen LogP contribution in [0.15, 0.2) is 48.5 Å². The van der Waals surface area contributed by atoms with Crippen molar-refractivity contribution in [3.05, 3.63) is 59.4 Å². The molecule has 0 radical (unpaired) electrons. The van der Waals surface area contributed by atoms with Gasteiger partial charge < -0.3 is 0 Å². The fourth-order valence-electron chi connectivity index (χ4n) is 4.26. The number of halogens is 2. The summed E-state index contributed by atoms with van der Waals surface area (Å²) in [4.78, 5) is 11.7. The lowest BCUT2D eigenvalue weighted by molar-refractivity contribution is 0.0635. The van der Waals surface area contributed by atoms with Crippen LogP contribution in [0.2, 0.25) is 0 Å². The zero-order valence-corrected chi connectivity index (χ0v) is 16.2. The quantitative estimate of drug-likeness (QED) is 0.427. The third kappa shape index (κ3) is 2.81. The van der Waals surface area contributed by atoms with Crippen LogP contribution in [0.1, 0.15) is 49.2 Å². The molecule has 144 valence electrons. The van der Waals surface area contributed by atoms with E-state index in [1.165, 1.54) is 0 Å². The van der Waals surface area contributed by atoms with Crippen LogP contribution in [-0.4, -0.2) is 26.0 Å². The second kappa shape index (κ2) is 6.90. The summed E-state index contributed by atoms with van der Waals surface area (Å²) in [5.74, 6) is 0.421. The van der Waals surface area contributed by atoms with Crippen LogP contribution in [-0.2, 0) is 0 Å². The molecule has 0 saturated carbocycles. The Labute approximate surface area is 165 Å². The van der Waals surface area contributed by atoms with Crippen molar-refractivity contribution in [1.82, 2.24) is 19.4 Å². The zero-order valence-electron chi connectivity index (χ0n) is 15.4. The Morgan fingerprint density at radius 1 is 1.04 bits per heavy atom. The number of nitrogens with zero attached hydrogens (tertiary/aromatic N) is 4. The molecule has 3 heterocycles. The van der Waals surface area contributed by atoms with Crippen molar-refractivity contribution < 1.29 is 8.78 Å². The van der Waals surface area contributed by atoms with E-state index >= 15 is 0 Å². The molecule has 28 heavy (non-hydrogen) atoms. The second-order valence-corrected chi connectivity index (χ2v) is 8.26. The molecule has 0 spiro atoms. The lowest BCUT2D eigenvalue weighted by Gasteiger charge is -2.29. The van der Waals surface area contributed by atoms with Gasteiger partial charge in [0.2, 0.25) is 0 Å². The third-order valence-corrected chi connectivity index (χ3v) is 6.72. The van der Waals surface area contributed by atoms with Crippen molar-refractivity contribution in [1.29, 1.82) is 0 Å². The first-order chi connectivity index (χ1) is 13.6. The fourth-order valence-corrected chi connectivity index (χ4v) is 5.39. The smallest absolute Gasteiger partial charge is 0.284 e. The van der Waals surface area contributed by atoms with E-state index in [1.807, 2.05) is 31.2 Å². The number of likely N-dealkylation sites (tertiary alicyclic amines) is 1. The van der Waals surface area contributed by atoms with Gasteiger partial charge in [-0.2, -0.15) is 8.78 Å². The van der Waals surface area contributed by atoms with E-state index < -0.39 is 6.55 Å². The van der Waals surface area contributed by atoms with E-state index in [2.05, 4.69) is 16.0 Å². The van der Waals surface area contributed by atoms with E-state index in [9.17, 15) is 8.78 Å². The highest BCUT2D eigenvalue weighted by Gasteiger charge is 2.35. The Kier molecular flexibility index (Phi) is 4.36. The second-order valence-electron chi connectivity index (χ2n) is 7.20. The molecular weight excluding hydrogens is 378 g/mol. The number of rotatable bonds is 4. The number of hydrogen-bond donors (Lipinski definition) is 0. The Balaban J connectivity index is 1.55. The van der Waals surface area contributed by atoms with Gasteiger partial charge in [0.25, 0.3) is 0 Å². The minimum absolute atomic E-state index is 0.137. The lowest BCUT2D eigenvalue weighted by atomic mass is 10.2. The van der Waals surface area contributed by atoms with Crippen molar-refractivity contribution in [3.63, 3.8) is 0 Å². The number of fused-ring (bicyclic) bond motifs is 2. The van der Waals surface area contributed by atoms with Crippen LogP contribution in [0.3, 0.4) is 0 Å². The number of hydrogen-bond acceptors (Lipinski definition) is 4. The minimum atomic E-state index is -2.62. The van der Waals surface area contributed by atoms with Gasteiger partial charge in [0.1, 0.15) is 10.8 Å². The summed E-state index contributed by atoms with van der Waals surface area (Å²) in [6.07, 6.45) is 2.01. The SMILES string of the molecule is CC(c1nc2ccccc2n1C(F)F)N1CCCC1c1nc2ccccc2s1. The van der Waals surface area contributed by atoms with Crippen molar-refractivity contribution in [2.24, 2.45) is 0 Å². The van der Waals surface area contributed by atoms with E-state index in [4.69, 9.17) is 4.98 Å². The average molecular weight is 398 g/mol. The highest BCUT2D eigenvalue weighted by Crippen LogP contribution is 2.42. The number of thiazole rings is 1. The number of imidazole rings is 1. The van der Waals surface area contributed by atoms with Crippen molar-refractivity contribution in [2.45, 2.75) is 38.4 Å². The Hall–Kier alpha value is -2.38. The first kappa shape index (κ1) is 17.7. The lowest BCUT2D eigenvalue weighted by Crippen LogP contribution is -2.29. The van der Waals surface area contributed by atoms with Crippen molar-refractivity contribution in [3.8, 4) is 0 Å². The number of benzene rings is 2. The van der Waals surface area contributed by atoms with Gasteiger partial charge in [-0.3, -0.25) is 9.47 Å². The van der Waals surface area contributed by atoms with E-state index in [0.717, 1.165) is 39.2 Å².